The van der Waals surface area contributed by atoms with E-state index < -0.39 is 11.7 Å². The third-order valence-electron chi connectivity index (χ3n) is 5.65. The van der Waals surface area contributed by atoms with Crippen molar-refractivity contribution in [3.05, 3.63) is 77.5 Å². The van der Waals surface area contributed by atoms with Gasteiger partial charge in [-0.1, -0.05) is 6.07 Å². The number of fused-ring (bicyclic) bond motifs is 1. The first-order chi connectivity index (χ1) is 16.8. The summed E-state index contributed by atoms with van der Waals surface area (Å²) in [7, 11) is 0. The number of nitrogens with zero attached hydrogens (tertiary/aromatic N) is 4. The smallest absolute Gasteiger partial charge is 0.269 e. The molecule has 0 aliphatic carbocycles. The molecule has 0 bridgehead atoms. The lowest BCUT2D eigenvalue weighted by molar-refractivity contribution is 0.0996. The van der Waals surface area contributed by atoms with Gasteiger partial charge in [0.25, 0.3) is 5.91 Å². The maximum atomic E-state index is 14.2. The average molecular weight is 468 g/mol. The predicted molar refractivity (Wildman–Crippen MR) is 132 cm³/mol. The number of carbonyl (C=O) groups is 1. The van der Waals surface area contributed by atoms with Crippen molar-refractivity contribution < 1.29 is 9.18 Å². The summed E-state index contributed by atoms with van der Waals surface area (Å²) in [6.45, 7) is 3.83. The molecule has 3 heterocycles. The highest BCUT2D eigenvalue weighted by Gasteiger charge is 2.22. The van der Waals surface area contributed by atoms with Crippen molar-refractivity contribution >= 4 is 34.0 Å². The second-order valence-corrected chi connectivity index (χ2v) is 8.14. The number of primary amides is 1. The van der Waals surface area contributed by atoms with E-state index in [2.05, 4.69) is 25.5 Å². The Kier molecular flexibility index (Phi) is 5.33. The Hall–Kier alpha value is -4.86. The van der Waals surface area contributed by atoms with E-state index in [0.29, 0.717) is 28.3 Å². The van der Waals surface area contributed by atoms with Crippen LogP contribution in [0.5, 0.6) is 0 Å². The van der Waals surface area contributed by atoms with E-state index in [-0.39, 0.29) is 17.2 Å². The van der Waals surface area contributed by atoms with Crippen LogP contribution in [0, 0.1) is 19.7 Å². The van der Waals surface area contributed by atoms with Gasteiger partial charge in [0.05, 0.1) is 28.8 Å². The molecule has 6 N–H and O–H groups in total. The van der Waals surface area contributed by atoms with E-state index >= 15 is 0 Å². The Morgan fingerprint density at radius 1 is 1.09 bits per heavy atom. The van der Waals surface area contributed by atoms with Crippen LogP contribution in [0.2, 0.25) is 0 Å². The molecule has 0 fully saturated rings. The lowest BCUT2D eigenvalue weighted by Gasteiger charge is -2.16. The van der Waals surface area contributed by atoms with Gasteiger partial charge in [0.1, 0.15) is 11.6 Å². The minimum absolute atomic E-state index is 0.0509. The highest BCUT2D eigenvalue weighted by molar-refractivity contribution is 6.04. The number of carbonyl (C=O) groups excluding carboxylic acids is 1. The number of nitrogen functional groups attached to an aromatic ring is 1. The monoisotopic (exact) mass is 468 g/mol. The van der Waals surface area contributed by atoms with Crippen molar-refractivity contribution in [2.24, 2.45) is 5.73 Å². The van der Waals surface area contributed by atoms with Crippen LogP contribution in [-0.2, 0) is 0 Å². The van der Waals surface area contributed by atoms with Gasteiger partial charge >= 0.3 is 0 Å². The summed E-state index contributed by atoms with van der Waals surface area (Å²) in [5, 5.41) is 10.9. The number of aryl methyl sites for hydroxylation is 2. The molecule has 0 radical (unpaired) electrons. The molecule has 1 amide bonds. The molecular weight excluding hydrogens is 447 g/mol. The second-order valence-electron chi connectivity index (χ2n) is 8.14. The zero-order valence-corrected chi connectivity index (χ0v) is 18.9. The molecule has 5 rings (SSSR count). The maximum absolute atomic E-state index is 14.2. The highest BCUT2D eigenvalue weighted by atomic mass is 19.1. The number of pyridine rings is 1. The van der Waals surface area contributed by atoms with E-state index in [4.69, 9.17) is 16.5 Å². The predicted octanol–water partition coefficient (Wildman–Crippen LogP) is 4.26. The van der Waals surface area contributed by atoms with Gasteiger partial charge in [-0.2, -0.15) is 5.10 Å². The first-order valence-electron chi connectivity index (χ1n) is 10.7. The lowest BCUT2D eigenvalue weighted by atomic mass is 9.99. The van der Waals surface area contributed by atoms with Crippen molar-refractivity contribution in [2.75, 3.05) is 11.1 Å². The van der Waals surface area contributed by atoms with Gasteiger partial charge in [0.2, 0.25) is 0 Å². The van der Waals surface area contributed by atoms with Gasteiger partial charge in [-0.3, -0.25) is 9.89 Å². The fraction of sp³-hybridized carbons (Fsp3) is 0.0800. The first kappa shape index (κ1) is 22.0. The summed E-state index contributed by atoms with van der Waals surface area (Å²) in [5.74, 6) is -0.602. The number of rotatable bonds is 5. The van der Waals surface area contributed by atoms with Gasteiger partial charge < -0.3 is 16.8 Å². The van der Waals surface area contributed by atoms with Crippen LogP contribution in [0.15, 0.2) is 54.9 Å². The molecule has 10 heteroatoms. The number of aromatic nitrogens is 5. The molecule has 5 aromatic rings. The van der Waals surface area contributed by atoms with Crippen LogP contribution >= 0.6 is 0 Å². The van der Waals surface area contributed by atoms with Crippen molar-refractivity contribution in [3.63, 3.8) is 0 Å². The number of hydrogen-bond donors (Lipinski definition) is 4. The van der Waals surface area contributed by atoms with Crippen LogP contribution < -0.4 is 16.8 Å². The number of nitrogens with two attached hydrogens (primary N) is 2. The van der Waals surface area contributed by atoms with E-state index in [1.807, 2.05) is 38.1 Å². The zero-order chi connectivity index (χ0) is 24.7. The molecule has 0 saturated heterocycles. The number of halogens is 1. The second kappa shape index (κ2) is 8.49. The average Bonchev–Trinajstić information content (AvgIpc) is 3.28. The molecule has 0 aliphatic heterocycles. The Bertz CT molecular complexity index is 1610. The summed E-state index contributed by atoms with van der Waals surface area (Å²) in [6.07, 6.45) is 3.31. The number of benzene rings is 2. The Balaban J connectivity index is 1.75. The fourth-order valence-electron chi connectivity index (χ4n) is 3.97. The van der Waals surface area contributed by atoms with Gasteiger partial charge in [-0.25, -0.2) is 19.3 Å². The molecule has 0 unspecified atom stereocenters. The number of amides is 1. The Labute approximate surface area is 199 Å². The van der Waals surface area contributed by atoms with Crippen LogP contribution in [0.1, 0.15) is 21.6 Å². The SMILES string of the molecule is Cc1ccnc(Nc2cc(F)ccc2-c2nc(C(N)=O)c(N)c(-c3c(C)ccc4[nH]ncc34)n2)c1. The maximum Gasteiger partial charge on any atom is 0.269 e. The van der Waals surface area contributed by atoms with Crippen LogP contribution in [0.3, 0.4) is 0 Å². The highest BCUT2D eigenvalue weighted by Crippen LogP contribution is 2.37. The number of aromatic amines is 1. The largest absolute Gasteiger partial charge is 0.395 e. The molecule has 0 spiro atoms. The topological polar surface area (TPSA) is 148 Å². The first-order valence-corrected chi connectivity index (χ1v) is 10.7. The summed E-state index contributed by atoms with van der Waals surface area (Å²) in [5.41, 5.74) is 16.4. The molecule has 174 valence electrons. The van der Waals surface area contributed by atoms with Gasteiger partial charge in [0, 0.05) is 22.7 Å². The number of H-pyrrole nitrogens is 1. The van der Waals surface area contributed by atoms with E-state index in [0.717, 1.165) is 22.0 Å². The molecule has 2 aromatic carbocycles. The van der Waals surface area contributed by atoms with E-state index in [1.165, 1.54) is 18.2 Å². The van der Waals surface area contributed by atoms with Gasteiger partial charge in [0.15, 0.2) is 11.5 Å². The molecule has 0 saturated carbocycles. The van der Waals surface area contributed by atoms with Crippen molar-refractivity contribution in [1.29, 1.82) is 0 Å². The van der Waals surface area contributed by atoms with E-state index in [9.17, 15) is 9.18 Å². The Morgan fingerprint density at radius 2 is 1.91 bits per heavy atom. The summed E-state index contributed by atoms with van der Waals surface area (Å²) in [6, 6.07) is 11.6. The summed E-state index contributed by atoms with van der Waals surface area (Å²) < 4.78 is 14.2. The third-order valence-corrected chi connectivity index (χ3v) is 5.65. The van der Waals surface area contributed by atoms with Gasteiger partial charge in [-0.05, 0) is 61.4 Å². The van der Waals surface area contributed by atoms with E-state index in [1.54, 1.807) is 12.4 Å². The number of anilines is 3. The van der Waals surface area contributed by atoms with Crippen molar-refractivity contribution in [1.82, 2.24) is 25.1 Å². The third kappa shape index (κ3) is 4.01. The molecule has 9 nitrogen and oxygen atoms in total. The number of hydrogen-bond acceptors (Lipinski definition) is 7. The molecule has 3 aromatic heterocycles. The van der Waals surface area contributed by atoms with Crippen LogP contribution in [-0.4, -0.2) is 31.1 Å². The molecular formula is C25H21FN8O. The normalized spacial score (nSPS) is 11.1. The minimum Gasteiger partial charge on any atom is -0.395 e. The lowest BCUT2D eigenvalue weighted by Crippen LogP contribution is -2.18. The number of nitrogens with one attached hydrogen (secondary N) is 2. The standard InChI is InChI=1S/C25H21FN8O/c1-12-7-8-29-19(9-12)31-18-10-14(26)4-5-15(18)25-32-22(21(27)23(33-25)24(28)35)20-13(2)3-6-17-16(20)11-30-34-17/h3-11H,27H2,1-2H3,(H2,28,35)(H,29,31)(H,30,34). The summed E-state index contributed by atoms with van der Waals surface area (Å²) in [4.78, 5) is 25.7. The fourth-order valence-corrected chi connectivity index (χ4v) is 3.97. The van der Waals surface area contributed by atoms with Crippen molar-refractivity contribution in [3.8, 4) is 22.6 Å². The van der Waals surface area contributed by atoms with Crippen LogP contribution in [0.4, 0.5) is 21.6 Å². The molecule has 35 heavy (non-hydrogen) atoms. The molecule has 0 atom stereocenters. The van der Waals surface area contributed by atoms with Crippen molar-refractivity contribution in [2.45, 2.75) is 13.8 Å². The zero-order valence-electron chi connectivity index (χ0n) is 18.9. The minimum atomic E-state index is -0.804. The quantitative estimate of drug-likeness (QED) is 0.301. The Morgan fingerprint density at radius 3 is 2.69 bits per heavy atom. The molecule has 0 aliphatic rings. The van der Waals surface area contributed by atoms with Crippen LogP contribution in [0.25, 0.3) is 33.5 Å². The summed E-state index contributed by atoms with van der Waals surface area (Å²) >= 11 is 0. The van der Waals surface area contributed by atoms with Gasteiger partial charge in [-0.15, -0.1) is 0 Å².